The zero-order valence-corrected chi connectivity index (χ0v) is 9.43. The quantitative estimate of drug-likeness (QED) is 0.716. The molecule has 2 atom stereocenters. The summed E-state index contributed by atoms with van der Waals surface area (Å²) in [6, 6.07) is 0. The van der Waals surface area contributed by atoms with E-state index in [9.17, 15) is 4.39 Å². The lowest BCUT2D eigenvalue weighted by Gasteiger charge is -2.29. The van der Waals surface area contributed by atoms with E-state index in [0.29, 0.717) is 18.4 Å². The summed E-state index contributed by atoms with van der Waals surface area (Å²) >= 11 is 0. The molecule has 0 aromatic heterocycles. The van der Waals surface area contributed by atoms with E-state index in [0.717, 1.165) is 26.2 Å². The van der Waals surface area contributed by atoms with Gasteiger partial charge in [0.25, 0.3) is 0 Å². The molecule has 2 heterocycles. The van der Waals surface area contributed by atoms with Gasteiger partial charge in [-0.25, -0.2) is 4.39 Å². The number of hydrogen-bond donors (Lipinski definition) is 2. The molecule has 0 bridgehead atoms. The van der Waals surface area contributed by atoms with Crippen molar-refractivity contribution >= 4 is 0 Å². The molecule has 2 aliphatic heterocycles. The Kier molecular flexibility index (Phi) is 3.01. The molecule has 0 aromatic carbocycles. The Bertz CT molecular complexity index is 231. The maximum atomic E-state index is 13.8. The standard InChI is InChI=1S/C11H21FN2O/c1-10(2-4-13-6-10)7-14-5-3-11(12,8-14)9-15/h13,15H,2-9H2,1H3. The van der Waals surface area contributed by atoms with E-state index in [1.165, 1.54) is 6.42 Å². The van der Waals surface area contributed by atoms with Gasteiger partial charge in [0.15, 0.2) is 0 Å². The number of rotatable bonds is 3. The monoisotopic (exact) mass is 216 g/mol. The molecule has 15 heavy (non-hydrogen) atoms. The third kappa shape index (κ3) is 2.49. The molecular weight excluding hydrogens is 195 g/mol. The van der Waals surface area contributed by atoms with Crippen molar-refractivity contribution in [1.29, 1.82) is 0 Å². The molecule has 2 rings (SSSR count). The Morgan fingerprint density at radius 2 is 2.27 bits per heavy atom. The normalized spacial score (nSPS) is 42.6. The van der Waals surface area contributed by atoms with Gasteiger partial charge in [-0.2, -0.15) is 0 Å². The molecular formula is C11H21FN2O. The average molecular weight is 216 g/mol. The fraction of sp³-hybridized carbons (Fsp3) is 1.00. The molecule has 0 saturated carbocycles. The lowest BCUT2D eigenvalue weighted by Crippen LogP contribution is -2.39. The molecule has 0 aliphatic carbocycles. The van der Waals surface area contributed by atoms with Crippen LogP contribution in [0.4, 0.5) is 4.39 Å². The van der Waals surface area contributed by atoms with Crippen molar-refractivity contribution in [2.75, 3.05) is 39.3 Å². The van der Waals surface area contributed by atoms with Gasteiger partial charge in [0.05, 0.1) is 6.61 Å². The fourth-order valence-electron chi connectivity index (χ4n) is 2.72. The summed E-state index contributed by atoms with van der Waals surface area (Å²) in [5, 5.41) is 12.3. The molecule has 88 valence electrons. The highest BCUT2D eigenvalue weighted by Gasteiger charge is 2.40. The highest BCUT2D eigenvalue weighted by Crippen LogP contribution is 2.31. The van der Waals surface area contributed by atoms with E-state index in [-0.39, 0.29) is 6.61 Å². The first-order chi connectivity index (χ1) is 7.05. The average Bonchev–Trinajstić information content (AvgIpc) is 2.75. The van der Waals surface area contributed by atoms with Crippen LogP contribution < -0.4 is 5.32 Å². The highest BCUT2D eigenvalue weighted by atomic mass is 19.1. The summed E-state index contributed by atoms with van der Waals surface area (Å²) in [7, 11) is 0. The zero-order chi connectivity index (χ0) is 10.9. The molecule has 3 nitrogen and oxygen atoms in total. The van der Waals surface area contributed by atoms with Gasteiger partial charge in [0.1, 0.15) is 5.67 Å². The third-order valence-corrected chi connectivity index (χ3v) is 3.73. The SMILES string of the molecule is CC1(CN2CCC(F)(CO)C2)CCNC1. The van der Waals surface area contributed by atoms with Gasteiger partial charge in [-0.15, -0.1) is 0 Å². The van der Waals surface area contributed by atoms with Crippen molar-refractivity contribution in [2.45, 2.75) is 25.4 Å². The third-order valence-electron chi connectivity index (χ3n) is 3.73. The van der Waals surface area contributed by atoms with Gasteiger partial charge in [0, 0.05) is 26.2 Å². The van der Waals surface area contributed by atoms with Crippen molar-refractivity contribution in [3.63, 3.8) is 0 Å². The first kappa shape index (κ1) is 11.3. The number of hydrogen-bond acceptors (Lipinski definition) is 3. The van der Waals surface area contributed by atoms with Crippen LogP contribution in [0.5, 0.6) is 0 Å². The van der Waals surface area contributed by atoms with Gasteiger partial charge in [-0.05, 0) is 24.8 Å². The molecule has 0 radical (unpaired) electrons. The minimum absolute atomic E-state index is 0.292. The van der Waals surface area contributed by atoms with Crippen LogP contribution in [-0.2, 0) is 0 Å². The van der Waals surface area contributed by atoms with E-state index in [4.69, 9.17) is 5.11 Å². The van der Waals surface area contributed by atoms with E-state index >= 15 is 0 Å². The second-order valence-corrected chi connectivity index (χ2v) is 5.51. The molecule has 2 saturated heterocycles. The first-order valence-electron chi connectivity index (χ1n) is 5.78. The number of nitrogens with one attached hydrogen (secondary N) is 1. The summed E-state index contributed by atoms with van der Waals surface area (Å²) < 4.78 is 13.8. The summed E-state index contributed by atoms with van der Waals surface area (Å²) in [4.78, 5) is 2.16. The largest absolute Gasteiger partial charge is 0.393 e. The molecule has 2 unspecified atom stereocenters. The van der Waals surface area contributed by atoms with Crippen LogP contribution in [0.3, 0.4) is 0 Å². The predicted molar refractivity (Wildman–Crippen MR) is 57.6 cm³/mol. The van der Waals surface area contributed by atoms with Crippen molar-refractivity contribution in [1.82, 2.24) is 10.2 Å². The summed E-state index contributed by atoms with van der Waals surface area (Å²) in [5.74, 6) is 0. The van der Waals surface area contributed by atoms with E-state index < -0.39 is 5.67 Å². The van der Waals surface area contributed by atoms with Crippen LogP contribution in [0.2, 0.25) is 0 Å². The van der Waals surface area contributed by atoms with Gasteiger partial charge >= 0.3 is 0 Å². The topological polar surface area (TPSA) is 35.5 Å². The molecule has 2 N–H and O–H groups in total. The molecule has 0 aromatic rings. The van der Waals surface area contributed by atoms with Crippen LogP contribution in [-0.4, -0.2) is 55.0 Å². The van der Waals surface area contributed by atoms with Crippen molar-refractivity contribution in [3.05, 3.63) is 0 Å². The van der Waals surface area contributed by atoms with E-state index in [1.54, 1.807) is 0 Å². The molecule has 4 heteroatoms. The zero-order valence-electron chi connectivity index (χ0n) is 9.43. The van der Waals surface area contributed by atoms with E-state index in [1.807, 2.05) is 0 Å². The number of aliphatic hydroxyl groups excluding tert-OH is 1. The van der Waals surface area contributed by atoms with Crippen molar-refractivity contribution in [3.8, 4) is 0 Å². The van der Waals surface area contributed by atoms with E-state index in [2.05, 4.69) is 17.1 Å². The molecule has 2 fully saturated rings. The smallest absolute Gasteiger partial charge is 0.147 e. The van der Waals surface area contributed by atoms with Gasteiger partial charge < -0.3 is 10.4 Å². The molecule has 2 aliphatic rings. The number of halogens is 1. The summed E-state index contributed by atoms with van der Waals surface area (Å²) in [6.45, 7) is 6.16. The molecule has 0 spiro atoms. The Morgan fingerprint density at radius 3 is 2.80 bits per heavy atom. The van der Waals surface area contributed by atoms with Crippen LogP contribution in [0, 0.1) is 5.41 Å². The second kappa shape index (κ2) is 4.00. The number of aliphatic hydroxyl groups is 1. The Labute approximate surface area is 90.6 Å². The van der Waals surface area contributed by atoms with Crippen LogP contribution >= 0.6 is 0 Å². The number of likely N-dealkylation sites (tertiary alicyclic amines) is 1. The summed E-state index contributed by atoms with van der Waals surface area (Å²) in [6.07, 6.45) is 1.65. The fourth-order valence-corrected chi connectivity index (χ4v) is 2.72. The van der Waals surface area contributed by atoms with Crippen molar-refractivity contribution in [2.24, 2.45) is 5.41 Å². The number of nitrogens with zero attached hydrogens (tertiary/aromatic N) is 1. The Morgan fingerprint density at radius 1 is 1.47 bits per heavy atom. The number of alkyl halides is 1. The first-order valence-corrected chi connectivity index (χ1v) is 5.78. The summed E-state index contributed by atoms with van der Waals surface area (Å²) in [5.41, 5.74) is -1.05. The predicted octanol–water partition coefficient (Wildman–Crippen LogP) is 0.392. The van der Waals surface area contributed by atoms with Crippen LogP contribution in [0.15, 0.2) is 0 Å². The van der Waals surface area contributed by atoms with Gasteiger partial charge in [-0.3, -0.25) is 4.90 Å². The van der Waals surface area contributed by atoms with Gasteiger partial charge in [0.2, 0.25) is 0 Å². The molecule has 0 amide bonds. The minimum atomic E-state index is -1.34. The minimum Gasteiger partial charge on any atom is -0.393 e. The van der Waals surface area contributed by atoms with Crippen molar-refractivity contribution < 1.29 is 9.50 Å². The Balaban J connectivity index is 1.86. The highest BCUT2D eigenvalue weighted by molar-refractivity contribution is 4.94. The van der Waals surface area contributed by atoms with Crippen LogP contribution in [0.1, 0.15) is 19.8 Å². The van der Waals surface area contributed by atoms with Gasteiger partial charge in [-0.1, -0.05) is 6.92 Å². The lowest BCUT2D eigenvalue weighted by atomic mass is 9.89. The lowest BCUT2D eigenvalue weighted by molar-refractivity contribution is 0.0723. The second-order valence-electron chi connectivity index (χ2n) is 5.51. The Hall–Kier alpha value is -0.190. The maximum absolute atomic E-state index is 13.8. The maximum Gasteiger partial charge on any atom is 0.147 e. The van der Waals surface area contributed by atoms with Crippen LogP contribution in [0.25, 0.3) is 0 Å².